The zero-order valence-electron chi connectivity index (χ0n) is 12.3. The van der Waals surface area contributed by atoms with Crippen molar-refractivity contribution in [2.24, 2.45) is 0 Å². The Morgan fingerprint density at radius 2 is 2.10 bits per heavy atom. The van der Waals surface area contributed by atoms with E-state index in [1.807, 2.05) is 35.2 Å². The summed E-state index contributed by atoms with van der Waals surface area (Å²) in [6.07, 6.45) is 5.10. The SMILES string of the molecule is CC1CCCCN1C(=O)c1cn(Cc2ccccc2)nn1. The first-order chi connectivity index (χ1) is 10.2. The van der Waals surface area contributed by atoms with E-state index in [4.69, 9.17) is 0 Å². The van der Waals surface area contributed by atoms with E-state index in [1.54, 1.807) is 10.9 Å². The van der Waals surface area contributed by atoms with Crippen LogP contribution in [0.4, 0.5) is 0 Å². The molecule has 0 radical (unpaired) electrons. The van der Waals surface area contributed by atoms with E-state index in [1.165, 1.54) is 6.42 Å². The van der Waals surface area contributed by atoms with E-state index in [9.17, 15) is 4.79 Å². The average Bonchev–Trinajstić information content (AvgIpc) is 2.97. The largest absolute Gasteiger partial charge is 0.335 e. The van der Waals surface area contributed by atoms with E-state index < -0.39 is 0 Å². The van der Waals surface area contributed by atoms with E-state index in [0.29, 0.717) is 18.3 Å². The van der Waals surface area contributed by atoms with Crippen LogP contribution in [0.15, 0.2) is 36.5 Å². The van der Waals surface area contributed by atoms with Crippen LogP contribution in [0.25, 0.3) is 0 Å². The van der Waals surface area contributed by atoms with Gasteiger partial charge < -0.3 is 4.90 Å². The highest BCUT2D eigenvalue weighted by atomic mass is 16.2. The average molecular weight is 284 g/mol. The highest BCUT2D eigenvalue weighted by Crippen LogP contribution is 2.18. The maximum atomic E-state index is 12.5. The molecule has 0 N–H and O–H groups in total. The molecule has 1 aliphatic rings. The van der Waals surface area contributed by atoms with Gasteiger partial charge in [-0.2, -0.15) is 0 Å². The number of rotatable bonds is 3. The molecule has 1 unspecified atom stereocenters. The Bertz CT molecular complexity index is 608. The summed E-state index contributed by atoms with van der Waals surface area (Å²) < 4.78 is 1.72. The first-order valence-electron chi connectivity index (χ1n) is 7.49. The number of hydrogen-bond acceptors (Lipinski definition) is 3. The van der Waals surface area contributed by atoms with Gasteiger partial charge in [-0.15, -0.1) is 5.10 Å². The molecule has 0 spiro atoms. The van der Waals surface area contributed by atoms with Gasteiger partial charge in [-0.3, -0.25) is 4.79 Å². The van der Waals surface area contributed by atoms with Gasteiger partial charge in [0.05, 0.1) is 12.7 Å². The van der Waals surface area contributed by atoms with Gasteiger partial charge in [0.15, 0.2) is 5.69 Å². The summed E-state index contributed by atoms with van der Waals surface area (Å²) >= 11 is 0. The van der Waals surface area contributed by atoms with Crippen molar-refractivity contribution >= 4 is 5.91 Å². The standard InChI is InChI=1S/C16H20N4O/c1-13-7-5-6-10-20(13)16(21)15-12-19(18-17-15)11-14-8-3-2-4-9-14/h2-4,8-9,12-13H,5-7,10-11H2,1H3. The lowest BCUT2D eigenvalue weighted by Gasteiger charge is -2.32. The first-order valence-corrected chi connectivity index (χ1v) is 7.49. The number of nitrogens with zero attached hydrogens (tertiary/aromatic N) is 4. The maximum Gasteiger partial charge on any atom is 0.276 e. The molecule has 1 aromatic carbocycles. The number of benzene rings is 1. The number of carbonyl (C=O) groups excluding carboxylic acids is 1. The van der Waals surface area contributed by atoms with Gasteiger partial charge >= 0.3 is 0 Å². The van der Waals surface area contributed by atoms with Crippen molar-refractivity contribution in [3.8, 4) is 0 Å². The molecule has 1 fully saturated rings. The summed E-state index contributed by atoms with van der Waals surface area (Å²) in [7, 11) is 0. The fourth-order valence-corrected chi connectivity index (χ4v) is 2.79. The summed E-state index contributed by atoms with van der Waals surface area (Å²) in [6.45, 7) is 3.56. The lowest BCUT2D eigenvalue weighted by atomic mass is 10.0. The summed E-state index contributed by atoms with van der Waals surface area (Å²) in [5.41, 5.74) is 1.59. The van der Waals surface area contributed by atoms with Crippen LogP contribution >= 0.6 is 0 Å². The molecule has 1 saturated heterocycles. The van der Waals surface area contributed by atoms with Crippen molar-refractivity contribution in [3.63, 3.8) is 0 Å². The van der Waals surface area contributed by atoms with Crippen molar-refractivity contribution < 1.29 is 4.79 Å². The number of hydrogen-bond donors (Lipinski definition) is 0. The molecule has 3 rings (SSSR count). The van der Waals surface area contributed by atoms with E-state index >= 15 is 0 Å². The molecule has 110 valence electrons. The summed E-state index contributed by atoms with van der Waals surface area (Å²) in [6, 6.07) is 10.3. The second-order valence-electron chi connectivity index (χ2n) is 5.63. The lowest BCUT2D eigenvalue weighted by molar-refractivity contribution is 0.0629. The van der Waals surface area contributed by atoms with Gasteiger partial charge in [0.2, 0.25) is 0 Å². The van der Waals surface area contributed by atoms with Crippen LogP contribution in [0.2, 0.25) is 0 Å². The molecular formula is C16H20N4O. The predicted octanol–water partition coefficient (Wildman–Crippen LogP) is 2.34. The van der Waals surface area contributed by atoms with Crippen LogP contribution in [-0.4, -0.2) is 38.4 Å². The quantitative estimate of drug-likeness (QED) is 0.869. The Hall–Kier alpha value is -2.17. The molecule has 1 aliphatic heterocycles. The summed E-state index contributed by atoms with van der Waals surface area (Å²) in [5.74, 6) is 0.00140. The molecule has 1 aromatic heterocycles. The normalized spacial score (nSPS) is 18.7. The van der Waals surface area contributed by atoms with Crippen LogP contribution in [0, 0.1) is 0 Å². The van der Waals surface area contributed by atoms with Crippen molar-refractivity contribution in [1.29, 1.82) is 0 Å². The Kier molecular flexibility index (Phi) is 3.99. The highest BCUT2D eigenvalue weighted by Gasteiger charge is 2.26. The number of carbonyl (C=O) groups is 1. The van der Waals surface area contributed by atoms with Crippen LogP contribution in [-0.2, 0) is 6.54 Å². The van der Waals surface area contributed by atoms with Crippen molar-refractivity contribution in [1.82, 2.24) is 19.9 Å². The molecule has 2 heterocycles. The van der Waals surface area contributed by atoms with Crippen molar-refractivity contribution in [3.05, 3.63) is 47.8 Å². The molecule has 0 bridgehead atoms. The molecule has 0 saturated carbocycles. The fraction of sp³-hybridized carbons (Fsp3) is 0.438. The monoisotopic (exact) mass is 284 g/mol. The molecule has 1 atom stereocenters. The van der Waals surface area contributed by atoms with Crippen LogP contribution in [0.3, 0.4) is 0 Å². The lowest BCUT2D eigenvalue weighted by Crippen LogP contribution is -2.42. The third kappa shape index (κ3) is 3.12. The Morgan fingerprint density at radius 3 is 2.86 bits per heavy atom. The van der Waals surface area contributed by atoms with Gasteiger partial charge in [0, 0.05) is 12.6 Å². The smallest absolute Gasteiger partial charge is 0.276 e. The minimum Gasteiger partial charge on any atom is -0.335 e. The number of piperidine rings is 1. The zero-order chi connectivity index (χ0) is 14.7. The van der Waals surface area contributed by atoms with Crippen molar-refractivity contribution in [2.45, 2.75) is 38.8 Å². The number of aromatic nitrogens is 3. The molecule has 2 aromatic rings. The third-order valence-electron chi connectivity index (χ3n) is 4.01. The maximum absolute atomic E-state index is 12.5. The van der Waals surface area contributed by atoms with Crippen LogP contribution < -0.4 is 0 Å². The van der Waals surface area contributed by atoms with E-state index in [2.05, 4.69) is 17.2 Å². The molecular weight excluding hydrogens is 264 g/mol. The molecule has 1 amide bonds. The fourth-order valence-electron chi connectivity index (χ4n) is 2.79. The second-order valence-corrected chi connectivity index (χ2v) is 5.63. The zero-order valence-corrected chi connectivity index (χ0v) is 12.3. The topological polar surface area (TPSA) is 51.0 Å². The summed E-state index contributed by atoms with van der Waals surface area (Å²) in [5, 5.41) is 8.12. The Morgan fingerprint density at radius 1 is 1.29 bits per heavy atom. The molecule has 5 heteroatoms. The minimum atomic E-state index is 0.00140. The van der Waals surface area contributed by atoms with Gasteiger partial charge in [-0.25, -0.2) is 4.68 Å². The predicted molar refractivity (Wildman–Crippen MR) is 79.9 cm³/mol. The number of likely N-dealkylation sites (tertiary alicyclic amines) is 1. The van der Waals surface area contributed by atoms with Crippen molar-refractivity contribution in [2.75, 3.05) is 6.54 Å². The van der Waals surface area contributed by atoms with Gasteiger partial charge in [0.25, 0.3) is 5.91 Å². The van der Waals surface area contributed by atoms with Crippen LogP contribution in [0.5, 0.6) is 0 Å². The highest BCUT2D eigenvalue weighted by molar-refractivity contribution is 5.92. The van der Waals surface area contributed by atoms with E-state index in [0.717, 1.165) is 24.9 Å². The van der Waals surface area contributed by atoms with E-state index in [-0.39, 0.29) is 5.91 Å². The minimum absolute atomic E-state index is 0.00140. The first kappa shape index (κ1) is 13.8. The van der Waals surface area contributed by atoms with Crippen LogP contribution in [0.1, 0.15) is 42.2 Å². The Balaban J connectivity index is 1.71. The van der Waals surface area contributed by atoms with Gasteiger partial charge in [-0.1, -0.05) is 35.5 Å². The van der Waals surface area contributed by atoms with Gasteiger partial charge in [-0.05, 0) is 31.7 Å². The summed E-state index contributed by atoms with van der Waals surface area (Å²) in [4.78, 5) is 14.4. The Labute approximate surface area is 124 Å². The third-order valence-corrected chi connectivity index (χ3v) is 4.01. The second kappa shape index (κ2) is 6.08. The molecule has 0 aliphatic carbocycles. The van der Waals surface area contributed by atoms with Gasteiger partial charge in [0.1, 0.15) is 0 Å². The number of amides is 1. The molecule has 5 nitrogen and oxygen atoms in total. The molecule has 21 heavy (non-hydrogen) atoms.